The lowest BCUT2D eigenvalue weighted by Gasteiger charge is -2.44. The molecule has 5 heterocycles. The molecule has 3 aliphatic heterocycles. The molecule has 160 valence electrons. The number of likely N-dealkylation sites (tertiary alicyclic amines) is 1. The number of piperidine rings is 2. The molecule has 0 unspecified atom stereocenters. The molecule has 30 heavy (non-hydrogen) atoms. The van der Waals surface area contributed by atoms with Gasteiger partial charge in [-0.2, -0.15) is 0 Å². The monoisotopic (exact) mass is 430 g/mol. The molecule has 3 aliphatic rings. The number of aromatic nitrogens is 3. The van der Waals surface area contributed by atoms with Crippen LogP contribution in [0.2, 0.25) is 0 Å². The van der Waals surface area contributed by atoms with Crippen LogP contribution in [0.1, 0.15) is 37.3 Å². The number of anilines is 1. The zero-order valence-corrected chi connectivity index (χ0v) is 17.6. The molecule has 2 aromatic rings. The Kier molecular flexibility index (Phi) is 5.79. The number of carbonyl (C=O) groups is 1. The fourth-order valence-corrected chi connectivity index (χ4v) is 5.10. The number of halogens is 1. The van der Waals surface area contributed by atoms with Crippen molar-refractivity contribution in [2.75, 3.05) is 25.4 Å². The summed E-state index contributed by atoms with van der Waals surface area (Å²) in [7, 11) is 0. The van der Waals surface area contributed by atoms with E-state index in [2.05, 4.69) is 15.3 Å². The van der Waals surface area contributed by atoms with Crippen molar-refractivity contribution in [2.24, 2.45) is 5.92 Å². The molecule has 0 aromatic carbocycles. The van der Waals surface area contributed by atoms with Crippen molar-refractivity contribution in [3.8, 4) is 11.3 Å². The molecule has 2 fully saturated rings. The van der Waals surface area contributed by atoms with Crippen LogP contribution in [0.3, 0.4) is 0 Å². The smallest absolute Gasteiger partial charge is 0.251 e. The van der Waals surface area contributed by atoms with E-state index in [0.717, 1.165) is 50.0 Å². The topological polar surface area (TPSA) is 106 Å². The summed E-state index contributed by atoms with van der Waals surface area (Å²) < 4.78 is 1.88. The Hall–Kier alpha value is -2.45. The average molecular weight is 431 g/mol. The van der Waals surface area contributed by atoms with E-state index < -0.39 is 0 Å². The zero-order valence-electron chi connectivity index (χ0n) is 16.8. The predicted molar refractivity (Wildman–Crippen MR) is 116 cm³/mol. The van der Waals surface area contributed by atoms with Gasteiger partial charge in [0.2, 0.25) is 5.91 Å². The van der Waals surface area contributed by atoms with Crippen molar-refractivity contribution >= 4 is 24.1 Å². The molecule has 2 bridgehead atoms. The Bertz CT molecular complexity index is 1000. The summed E-state index contributed by atoms with van der Waals surface area (Å²) in [5.74, 6) is 1.09. The molecular weight excluding hydrogens is 404 g/mol. The van der Waals surface area contributed by atoms with E-state index in [-0.39, 0.29) is 35.8 Å². The molecule has 3 N–H and O–H groups in total. The molecule has 2 aromatic heterocycles. The largest absolute Gasteiger partial charge is 0.384 e. The summed E-state index contributed by atoms with van der Waals surface area (Å²) in [5.41, 5.74) is 8.17. The van der Waals surface area contributed by atoms with E-state index in [0.29, 0.717) is 30.5 Å². The first kappa shape index (κ1) is 20.8. The molecule has 0 spiro atoms. The maximum absolute atomic E-state index is 13.1. The van der Waals surface area contributed by atoms with Crippen LogP contribution in [0.5, 0.6) is 0 Å². The van der Waals surface area contributed by atoms with Gasteiger partial charge < -0.3 is 20.5 Å². The van der Waals surface area contributed by atoms with Gasteiger partial charge in [0.1, 0.15) is 12.1 Å². The van der Waals surface area contributed by atoms with Crippen LogP contribution in [-0.2, 0) is 11.3 Å². The second-order valence-electron chi connectivity index (χ2n) is 8.49. The van der Waals surface area contributed by atoms with Gasteiger partial charge in [0.25, 0.3) is 5.56 Å². The molecule has 8 nitrogen and oxygen atoms in total. The Balaban J connectivity index is 0.00000218. The van der Waals surface area contributed by atoms with Crippen molar-refractivity contribution < 1.29 is 4.79 Å². The van der Waals surface area contributed by atoms with Crippen LogP contribution < -0.4 is 16.6 Å². The first-order chi connectivity index (χ1) is 14.1. The summed E-state index contributed by atoms with van der Waals surface area (Å²) in [5, 5.41) is 3.37. The lowest BCUT2D eigenvalue weighted by molar-refractivity contribution is -0.136. The number of hydrogen-bond acceptors (Lipinski definition) is 6. The molecule has 0 radical (unpaired) electrons. The normalized spacial score (nSPS) is 25.2. The number of nitrogens with zero attached hydrogens (tertiary/aromatic N) is 4. The maximum Gasteiger partial charge on any atom is 0.251 e. The SMILES string of the molecule is Cl.Nc1cc(-c2cc3n(c(=O)c2)C[C@H]2C[C@@H]3CN(C(=O)[C@@H]3CCCCN3)C2)ncn1. The number of amides is 1. The molecule has 2 saturated heterocycles. The lowest BCUT2D eigenvalue weighted by Crippen LogP contribution is -2.55. The molecule has 0 saturated carbocycles. The van der Waals surface area contributed by atoms with Gasteiger partial charge in [-0.3, -0.25) is 9.59 Å². The van der Waals surface area contributed by atoms with E-state index in [1.807, 2.05) is 15.5 Å². The van der Waals surface area contributed by atoms with E-state index in [1.165, 1.54) is 6.33 Å². The fraction of sp³-hybridized carbons (Fsp3) is 0.524. The number of carbonyl (C=O) groups excluding carboxylic acids is 1. The minimum absolute atomic E-state index is 0. The Morgan fingerprint density at radius 3 is 2.77 bits per heavy atom. The third kappa shape index (κ3) is 3.81. The van der Waals surface area contributed by atoms with Crippen LogP contribution in [-0.4, -0.2) is 51.0 Å². The first-order valence-electron chi connectivity index (χ1n) is 10.4. The lowest BCUT2D eigenvalue weighted by atomic mass is 9.82. The highest BCUT2D eigenvalue weighted by Gasteiger charge is 2.38. The van der Waals surface area contributed by atoms with Crippen molar-refractivity contribution in [3.05, 3.63) is 40.6 Å². The van der Waals surface area contributed by atoms with Crippen LogP contribution in [0.4, 0.5) is 5.82 Å². The van der Waals surface area contributed by atoms with Gasteiger partial charge in [-0.25, -0.2) is 9.97 Å². The van der Waals surface area contributed by atoms with E-state index in [1.54, 1.807) is 12.1 Å². The third-order valence-corrected chi connectivity index (χ3v) is 6.46. The second-order valence-corrected chi connectivity index (χ2v) is 8.49. The molecule has 5 rings (SSSR count). The summed E-state index contributed by atoms with van der Waals surface area (Å²) >= 11 is 0. The van der Waals surface area contributed by atoms with Crippen LogP contribution >= 0.6 is 12.4 Å². The van der Waals surface area contributed by atoms with Gasteiger partial charge in [0.15, 0.2) is 0 Å². The summed E-state index contributed by atoms with van der Waals surface area (Å²) in [6, 6.07) is 5.29. The van der Waals surface area contributed by atoms with Crippen LogP contribution in [0.25, 0.3) is 11.3 Å². The standard InChI is InChI=1S/C21H26N6O2.ClH/c22-19-8-17(24-12-25-19)14-6-18-15-5-13(10-27(18)20(28)7-14)9-26(11-15)21(29)16-3-1-2-4-23-16;/h6-8,12-13,15-16,23H,1-5,9-11H2,(H2,22,24,25);1H/t13-,15+,16-;/m0./s1. The van der Waals surface area contributed by atoms with Gasteiger partial charge in [0.05, 0.1) is 11.7 Å². The molecule has 3 atom stereocenters. The highest BCUT2D eigenvalue weighted by atomic mass is 35.5. The number of nitrogens with two attached hydrogens (primary N) is 1. The van der Waals surface area contributed by atoms with Crippen molar-refractivity contribution in [1.82, 2.24) is 24.8 Å². The summed E-state index contributed by atoms with van der Waals surface area (Å²) in [6.07, 6.45) is 5.59. The molecule has 0 aliphatic carbocycles. The molecular formula is C21H27ClN6O2. The number of rotatable bonds is 2. The first-order valence-corrected chi connectivity index (χ1v) is 10.4. The maximum atomic E-state index is 13.1. The van der Waals surface area contributed by atoms with Crippen molar-refractivity contribution in [1.29, 1.82) is 0 Å². The Morgan fingerprint density at radius 1 is 1.13 bits per heavy atom. The van der Waals surface area contributed by atoms with Gasteiger partial charge in [-0.05, 0) is 37.8 Å². The van der Waals surface area contributed by atoms with Gasteiger partial charge in [-0.1, -0.05) is 6.42 Å². The highest BCUT2D eigenvalue weighted by molar-refractivity contribution is 5.85. The zero-order chi connectivity index (χ0) is 20.0. The van der Waals surface area contributed by atoms with Gasteiger partial charge in [-0.15, -0.1) is 12.4 Å². The molecule has 1 amide bonds. The number of nitrogen functional groups attached to an aromatic ring is 1. The number of nitrogens with one attached hydrogen (secondary N) is 1. The minimum Gasteiger partial charge on any atom is -0.384 e. The van der Waals surface area contributed by atoms with Crippen molar-refractivity contribution in [3.63, 3.8) is 0 Å². The predicted octanol–water partition coefficient (Wildman–Crippen LogP) is 1.40. The summed E-state index contributed by atoms with van der Waals surface area (Å²) in [6.45, 7) is 2.99. The number of pyridine rings is 1. The van der Waals surface area contributed by atoms with E-state index >= 15 is 0 Å². The van der Waals surface area contributed by atoms with Gasteiger partial charge in [0, 0.05) is 48.9 Å². The Labute approximate surface area is 181 Å². The van der Waals surface area contributed by atoms with Gasteiger partial charge >= 0.3 is 0 Å². The minimum atomic E-state index is -0.0555. The van der Waals surface area contributed by atoms with E-state index in [9.17, 15) is 9.59 Å². The fourth-order valence-electron chi connectivity index (χ4n) is 5.10. The van der Waals surface area contributed by atoms with Crippen LogP contribution in [0.15, 0.2) is 29.3 Å². The third-order valence-electron chi connectivity index (χ3n) is 6.46. The average Bonchev–Trinajstić information content (AvgIpc) is 2.74. The summed E-state index contributed by atoms with van der Waals surface area (Å²) in [4.78, 5) is 36.1. The van der Waals surface area contributed by atoms with Crippen LogP contribution in [0, 0.1) is 5.92 Å². The Morgan fingerprint density at radius 2 is 2.00 bits per heavy atom. The second kappa shape index (κ2) is 8.35. The van der Waals surface area contributed by atoms with Crippen molar-refractivity contribution in [2.45, 2.75) is 44.2 Å². The van der Waals surface area contributed by atoms with E-state index in [4.69, 9.17) is 5.73 Å². The quantitative estimate of drug-likeness (QED) is 0.745. The molecule has 9 heteroatoms. The number of hydrogen-bond donors (Lipinski definition) is 2. The highest BCUT2D eigenvalue weighted by Crippen LogP contribution is 2.36. The number of fused-ring (bicyclic) bond motifs is 4.